The Labute approximate surface area is 154 Å². The second-order valence-electron chi connectivity index (χ2n) is 5.49. The lowest BCUT2D eigenvalue weighted by atomic mass is 10.0. The van der Waals surface area contributed by atoms with E-state index in [2.05, 4.69) is 26.9 Å². The van der Waals surface area contributed by atoms with Gasteiger partial charge in [-0.25, -0.2) is 0 Å². The summed E-state index contributed by atoms with van der Waals surface area (Å²) in [6.07, 6.45) is 1.31. The third kappa shape index (κ3) is 3.03. The molecule has 0 aliphatic carbocycles. The number of nitriles is 1. The van der Waals surface area contributed by atoms with Gasteiger partial charge in [-0.05, 0) is 22.0 Å². The molecule has 25 heavy (non-hydrogen) atoms. The van der Waals surface area contributed by atoms with E-state index in [1.54, 1.807) is 20.3 Å². The predicted molar refractivity (Wildman–Crippen MR) is 94.2 cm³/mol. The van der Waals surface area contributed by atoms with Gasteiger partial charge in [-0.15, -0.1) is 0 Å². The van der Waals surface area contributed by atoms with Gasteiger partial charge in [0.15, 0.2) is 23.5 Å². The predicted octanol–water partition coefficient (Wildman–Crippen LogP) is 2.43. The Kier molecular flexibility index (Phi) is 5.37. The normalized spacial score (nSPS) is 20.0. The zero-order chi connectivity index (χ0) is 18.0. The monoisotopic (exact) mass is 410 g/mol. The van der Waals surface area contributed by atoms with Crippen molar-refractivity contribution in [3.05, 3.63) is 15.6 Å². The Balaban J connectivity index is 2.14. The van der Waals surface area contributed by atoms with E-state index in [1.807, 2.05) is 0 Å². The van der Waals surface area contributed by atoms with Gasteiger partial charge in [-0.1, -0.05) is 0 Å². The summed E-state index contributed by atoms with van der Waals surface area (Å²) in [6, 6.07) is 2.24. The van der Waals surface area contributed by atoms with Crippen molar-refractivity contribution < 1.29 is 23.7 Å². The quantitative estimate of drug-likeness (QED) is 0.754. The molecule has 1 aromatic rings. The Hall–Kier alpha value is -1.95. The molecule has 2 aliphatic rings. The number of hydrogen-bond donors (Lipinski definition) is 0. The van der Waals surface area contributed by atoms with Crippen molar-refractivity contribution >= 4 is 22.0 Å². The topological polar surface area (TPSA) is 73.2 Å². The summed E-state index contributed by atoms with van der Waals surface area (Å²) in [6.45, 7) is 2.62. The van der Waals surface area contributed by atoms with Crippen LogP contribution in [0.4, 0.5) is 0 Å². The summed E-state index contributed by atoms with van der Waals surface area (Å²) in [7, 11) is 4.63. The molecule has 2 heterocycles. The van der Waals surface area contributed by atoms with Crippen LogP contribution in [-0.4, -0.2) is 58.8 Å². The maximum absolute atomic E-state index is 9.61. The number of fused-ring (bicyclic) bond motifs is 1. The van der Waals surface area contributed by atoms with Gasteiger partial charge < -0.3 is 23.7 Å². The number of halogens is 1. The molecule has 1 unspecified atom stereocenters. The molecule has 2 aliphatic heterocycles. The zero-order valence-corrected chi connectivity index (χ0v) is 15.9. The van der Waals surface area contributed by atoms with E-state index < -0.39 is 6.23 Å². The van der Waals surface area contributed by atoms with Crippen molar-refractivity contribution in [3.63, 3.8) is 0 Å². The van der Waals surface area contributed by atoms with E-state index >= 15 is 0 Å². The summed E-state index contributed by atoms with van der Waals surface area (Å²) in [5, 5.41) is 9.61. The maximum atomic E-state index is 9.61. The van der Waals surface area contributed by atoms with E-state index in [1.165, 1.54) is 7.11 Å². The third-order valence-electron chi connectivity index (χ3n) is 4.21. The molecule has 7 nitrogen and oxygen atoms in total. The standard InChI is InChI=1S/C17H19BrN2O5/c1-21-14-11-8-10(9-19)17(20-4-6-24-7-5-20)25-13(11)12(18)15(22-2)16(14)23-3/h8,17H,4-7H2,1-3H3. The first-order valence-corrected chi connectivity index (χ1v) is 8.57. The minimum Gasteiger partial charge on any atom is -0.492 e. The number of ether oxygens (including phenoxy) is 5. The van der Waals surface area contributed by atoms with Gasteiger partial charge in [-0.3, -0.25) is 4.90 Å². The summed E-state index contributed by atoms with van der Waals surface area (Å²) in [5.41, 5.74) is 1.15. The number of nitrogens with zero attached hydrogens (tertiary/aromatic N) is 2. The summed E-state index contributed by atoms with van der Waals surface area (Å²) in [5.74, 6) is 1.95. The minimum atomic E-state index is -0.472. The van der Waals surface area contributed by atoms with E-state index in [0.29, 0.717) is 64.9 Å². The van der Waals surface area contributed by atoms with Crippen molar-refractivity contribution in [3.8, 4) is 29.1 Å². The first-order valence-electron chi connectivity index (χ1n) is 7.77. The number of hydrogen-bond acceptors (Lipinski definition) is 7. The fraction of sp³-hybridized carbons (Fsp3) is 0.471. The van der Waals surface area contributed by atoms with Crippen LogP contribution in [0, 0.1) is 11.3 Å². The Morgan fingerprint density at radius 2 is 1.76 bits per heavy atom. The van der Waals surface area contributed by atoms with Crippen LogP contribution in [0.2, 0.25) is 0 Å². The maximum Gasteiger partial charge on any atom is 0.205 e. The molecule has 0 amide bonds. The molecule has 1 saturated heterocycles. The van der Waals surface area contributed by atoms with E-state index in [0.717, 1.165) is 0 Å². The second-order valence-corrected chi connectivity index (χ2v) is 6.28. The van der Waals surface area contributed by atoms with Gasteiger partial charge in [0, 0.05) is 13.1 Å². The molecular weight excluding hydrogens is 392 g/mol. The van der Waals surface area contributed by atoms with E-state index in [-0.39, 0.29) is 0 Å². The molecule has 0 saturated carbocycles. The molecule has 0 N–H and O–H groups in total. The van der Waals surface area contributed by atoms with Crippen molar-refractivity contribution in [1.29, 1.82) is 5.26 Å². The number of benzene rings is 1. The SMILES string of the molecule is COc1c(Br)c2c(c(OC)c1OC)C=C(C#N)C(N1CCOCC1)O2. The molecule has 1 atom stereocenters. The molecule has 8 heteroatoms. The van der Waals surface area contributed by atoms with Crippen LogP contribution in [0.25, 0.3) is 6.08 Å². The molecule has 0 aromatic heterocycles. The van der Waals surface area contributed by atoms with Crippen LogP contribution in [0.5, 0.6) is 23.0 Å². The first-order chi connectivity index (χ1) is 12.2. The van der Waals surface area contributed by atoms with Crippen molar-refractivity contribution in [2.75, 3.05) is 47.6 Å². The van der Waals surface area contributed by atoms with Gasteiger partial charge in [0.25, 0.3) is 0 Å². The molecule has 0 spiro atoms. The summed E-state index contributed by atoms with van der Waals surface area (Å²) in [4.78, 5) is 2.08. The smallest absolute Gasteiger partial charge is 0.205 e. The molecule has 3 rings (SSSR count). The highest BCUT2D eigenvalue weighted by Gasteiger charge is 2.35. The highest BCUT2D eigenvalue weighted by atomic mass is 79.9. The van der Waals surface area contributed by atoms with Crippen LogP contribution in [-0.2, 0) is 4.74 Å². The highest BCUT2D eigenvalue weighted by molar-refractivity contribution is 9.10. The van der Waals surface area contributed by atoms with Crippen LogP contribution < -0.4 is 18.9 Å². The van der Waals surface area contributed by atoms with Crippen LogP contribution >= 0.6 is 15.9 Å². The Bertz CT molecular complexity index is 738. The van der Waals surface area contributed by atoms with Crippen LogP contribution in [0.15, 0.2) is 10.0 Å². The van der Waals surface area contributed by atoms with Gasteiger partial charge >= 0.3 is 0 Å². The van der Waals surface area contributed by atoms with E-state index in [4.69, 9.17) is 23.7 Å². The average Bonchev–Trinajstić information content (AvgIpc) is 2.67. The van der Waals surface area contributed by atoms with Gasteiger partial charge in [0.05, 0.1) is 45.7 Å². The number of methoxy groups -OCH3 is 3. The Morgan fingerprint density at radius 3 is 2.32 bits per heavy atom. The van der Waals surface area contributed by atoms with Crippen LogP contribution in [0.3, 0.4) is 0 Å². The largest absolute Gasteiger partial charge is 0.492 e. The molecule has 0 radical (unpaired) electrons. The van der Waals surface area contributed by atoms with Crippen LogP contribution in [0.1, 0.15) is 5.56 Å². The zero-order valence-electron chi connectivity index (χ0n) is 14.3. The van der Waals surface area contributed by atoms with E-state index in [9.17, 15) is 5.26 Å². The van der Waals surface area contributed by atoms with Crippen molar-refractivity contribution in [1.82, 2.24) is 4.90 Å². The highest BCUT2D eigenvalue weighted by Crippen LogP contribution is 2.53. The molecule has 134 valence electrons. The molecule has 1 fully saturated rings. The van der Waals surface area contributed by atoms with Gasteiger partial charge in [0.2, 0.25) is 5.75 Å². The Morgan fingerprint density at radius 1 is 1.12 bits per heavy atom. The second kappa shape index (κ2) is 7.52. The fourth-order valence-electron chi connectivity index (χ4n) is 3.04. The lowest BCUT2D eigenvalue weighted by molar-refractivity contribution is -0.0293. The molecular formula is C17H19BrN2O5. The minimum absolute atomic E-state index is 0.442. The summed E-state index contributed by atoms with van der Waals surface area (Å²) >= 11 is 3.53. The van der Waals surface area contributed by atoms with Crippen molar-refractivity contribution in [2.24, 2.45) is 0 Å². The molecule has 1 aromatic carbocycles. The van der Waals surface area contributed by atoms with Gasteiger partial charge in [0.1, 0.15) is 10.5 Å². The third-order valence-corrected chi connectivity index (χ3v) is 4.93. The van der Waals surface area contributed by atoms with Gasteiger partial charge in [-0.2, -0.15) is 5.26 Å². The molecule has 0 bridgehead atoms. The fourth-order valence-corrected chi connectivity index (χ4v) is 3.69. The number of rotatable bonds is 4. The lowest BCUT2D eigenvalue weighted by Crippen LogP contribution is -2.47. The van der Waals surface area contributed by atoms with Crippen molar-refractivity contribution in [2.45, 2.75) is 6.23 Å². The number of morpholine rings is 1. The summed E-state index contributed by atoms with van der Waals surface area (Å²) < 4.78 is 28.6. The average molecular weight is 411 g/mol. The first kappa shape index (κ1) is 17.9. The lowest BCUT2D eigenvalue weighted by Gasteiger charge is -2.37.